The molecule has 1 aliphatic carbocycles. The maximum absolute atomic E-state index is 15.2. The number of anilines is 1. The van der Waals surface area contributed by atoms with E-state index in [9.17, 15) is 58.5 Å². The smallest absolute Gasteiger partial charge is 0.409 e. The number of likely N-dealkylation sites (N-methyl/N-ethyl adjacent to an activating group) is 1. The number of benzene rings is 4. The van der Waals surface area contributed by atoms with Crippen molar-refractivity contribution in [1.29, 1.82) is 0 Å². The van der Waals surface area contributed by atoms with Crippen LogP contribution in [-0.2, 0) is 97.4 Å². The number of phenols is 1. The SMILES string of the molecule is COc1cc2cc(c1Cl)N(C)C(=O)C[C@H](OC(=O)[C@H](C)N(C)C(=O)CCCCSSC(C)(C)[C@H](NC(=O)[C@@H]1CSSC[C@H](NC(=O)[C@H](N)Cc3ccccc3)C(=O)C[C@@H](Cc3ccc(O)cc3)C(=O)N[C@H](CC3=CCc4ccccc43)C(=O)N[C@@H](CCCCN)C(=O)N[C@@H]([C@@H](C)O)C(=O)N1)C(N)=O)[C@]1(C)O[C@H]1[C@H](C)[C@@H]1C[C@@](O)(NC(=O)O1)[C@H](OC)/C=C/C=C(\C)C2. The number of hydrogen-bond donors (Lipinski definition) is 13. The fourth-order valence-electron chi connectivity index (χ4n) is 15.6. The van der Waals surface area contributed by atoms with Crippen molar-refractivity contribution in [3.63, 3.8) is 0 Å². The Bertz CT molecular complexity index is 4670. The number of phenolic OH excluding ortho intramolecular Hbond substituents is 1. The summed E-state index contributed by atoms with van der Waals surface area (Å²) < 4.78 is 28.6. The highest BCUT2D eigenvalue weighted by atomic mass is 35.5. The predicted octanol–water partition coefficient (Wildman–Crippen LogP) is 6.27. The third kappa shape index (κ3) is 27.2. The van der Waals surface area contributed by atoms with E-state index in [1.54, 1.807) is 94.4 Å². The van der Waals surface area contributed by atoms with Gasteiger partial charge in [-0.05, 0) is 164 Å². The van der Waals surface area contributed by atoms with Crippen LogP contribution in [-0.4, -0.2) is 238 Å². The van der Waals surface area contributed by atoms with Gasteiger partial charge in [0.2, 0.25) is 53.2 Å². The van der Waals surface area contributed by atoms with Gasteiger partial charge in [0, 0.05) is 80.7 Å². The number of hydrogen-bond acceptors (Lipinski definition) is 26. The number of methoxy groups -OCH3 is 2. The number of unbranched alkanes of at least 4 members (excludes halogenated alkanes) is 2. The minimum atomic E-state index is -1.94. The van der Waals surface area contributed by atoms with E-state index in [4.69, 9.17) is 52.5 Å². The molecule has 686 valence electrons. The molecule has 5 aliphatic rings. The van der Waals surface area contributed by atoms with E-state index in [2.05, 4.69) is 37.2 Å². The van der Waals surface area contributed by atoms with Gasteiger partial charge in [0.1, 0.15) is 76.7 Å². The minimum absolute atomic E-state index is 0.0323. The lowest BCUT2D eigenvalue weighted by molar-refractivity contribution is -0.162. The first-order valence-corrected chi connectivity index (χ1v) is 47.2. The van der Waals surface area contributed by atoms with E-state index in [0.29, 0.717) is 66.9 Å². The number of nitrogens with one attached hydrogen (secondary N) is 7. The van der Waals surface area contributed by atoms with Gasteiger partial charge in [-0.2, -0.15) is 0 Å². The van der Waals surface area contributed by atoms with Crippen LogP contribution in [0.3, 0.4) is 0 Å². The first-order valence-electron chi connectivity index (χ1n) is 42.1. The van der Waals surface area contributed by atoms with E-state index in [0.717, 1.165) is 49.4 Å². The Morgan fingerprint density at radius 3 is 2.24 bits per heavy atom. The predicted molar refractivity (Wildman–Crippen MR) is 485 cm³/mol. The van der Waals surface area contributed by atoms with Crippen molar-refractivity contribution in [3.05, 3.63) is 154 Å². The number of fused-ring (bicyclic) bond motifs is 6. The van der Waals surface area contributed by atoms with Crippen LogP contribution in [0.4, 0.5) is 10.5 Å². The molecule has 3 fully saturated rings. The van der Waals surface area contributed by atoms with Gasteiger partial charge >= 0.3 is 12.1 Å². The number of nitrogens with two attached hydrogens (primary N) is 3. The van der Waals surface area contributed by atoms with Crippen LogP contribution in [0.25, 0.3) is 5.57 Å². The molecule has 4 bridgehead atoms. The largest absolute Gasteiger partial charge is 0.508 e. The molecule has 10 amide bonds. The first-order chi connectivity index (χ1) is 59.8. The second kappa shape index (κ2) is 46.2. The standard InChI is InChI=1S/C89H119ClN12O20S4/c1-49-22-21-28-70(119-11)89(117)46-69(120-86(116)100-89)50(2)77-88(7,122-77)71(45-73(107)102(9)66-41-55(38-49)42-68(118-10)74(66)90)121-85(115)51(3)101(8)72(106)29-18-20-37-123-126-87(5,6)76(78(93)108)99-83(113)65-48-125-124-47-64(96-80(110)61(92)40-53-23-13-12-14-24-53)67(105)44-58(39-54-30-34-59(104)35-31-54)79(109)95-63(43-57-33-32-56-25-15-16-26-60(56)57)82(112)94-62(27-17-19-36-91)81(111)98-75(52(4)103)84(114)97-65/h12-16,21-26,28,30-31,33-35,41-42,50-52,58,61-65,69-71,75-77,103-104,117H,17-20,27,29,32,36-40,43-48,91-92H2,1-11H3,(H2,93,108)(H,94,112)(H,95,109)(H,96,110)(H,97,114)(H,98,111)(H,99,113)(H,100,116)/b28-21+,49-22+/t50-,51+,52-,58-,61-,62+,63-,64+,65+,69+,70-,71+,75+,76-,77+,88+,89+/m1/s1. The lowest BCUT2D eigenvalue weighted by atomic mass is 9.83. The highest BCUT2D eigenvalue weighted by molar-refractivity contribution is 8.77. The normalized spacial score (nSPS) is 26.6. The van der Waals surface area contributed by atoms with Gasteiger partial charge in [0.05, 0.1) is 43.5 Å². The molecule has 0 saturated carbocycles. The van der Waals surface area contributed by atoms with E-state index in [-0.39, 0.29) is 67.3 Å². The number of Topliss-reactive ketones (excluding diaryl/α,β-unsaturated/α-hetero) is 1. The first kappa shape index (κ1) is 101. The maximum Gasteiger partial charge on any atom is 0.409 e. The molecule has 0 aromatic heterocycles. The number of amides is 10. The summed E-state index contributed by atoms with van der Waals surface area (Å²) in [6.45, 7) is 11.5. The second-order valence-electron chi connectivity index (χ2n) is 33.4. The van der Waals surface area contributed by atoms with Crippen molar-refractivity contribution < 1.29 is 96.5 Å². The number of ether oxygens (including phenoxy) is 5. The molecule has 3 saturated heterocycles. The van der Waals surface area contributed by atoms with E-state index < -0.39 is 191 Å². The summed E-state index contributed by atoms with van der Waals surface area (Å²) in [6, 6.07) is 14.6. The number of rotatable bonds is 29. The van der Waals surface area contributed by atoms with Crippen molar-refractivity contribution in [3.8, 4) is 11.5 Å². The number of aliphatic hydroxyl groups excluding tert-OH is 1. The number of primary amides is 1. The molecule has 126 heavy (non-hydrogen) atoms. The number of nitrogens with zero attached hydrogens (tertiary/aromatic N) is 2. The van der Waals surface area contributed by atoms with Crippen molar-refractivity contribution in [2.24, 2.45) is 29.0 Å². The van der Waals surface area contributed by atoms with Crippen LogP contribution in [0, 0.1) is 11.8 Å². The number of ketones is 1. The molecular weight excluding hydrogens is 1720 g/mol. The van der Waals surface area contributed by atoms with Crippen LogP contribution in [0.5, 0.6) is 11.5 Å². The fraction of sp³-hybridized carbons (Fsp3) is 0.528. The lowest BCUT2D eigenvalue weighted by Crippen LogP contribution is -2.63. The molecule has 32 nitrogen and oxygen atoms in total. The van der Waals surface area contributed by atoms with Gasteiger partial charge in [0.15, 0.2) is 11.5 Å². The average Bonchev–Trinajstić information content (AvgIpc) is 1.57. The molecule has 17 atom stereocenters. The van der Waals surface area contributed by atoms with Gasteiger partial charge in [-0.3, -0.25) is 53.3 Å². The maximum atomic E-state index is 15.2. The summed E-state index contributed by atoms with van der Waals surface area (Å²) in [5, 5.41) is 52.8. The molecule has 4 aromatic carbocycles. The van der Waals surface area contributed by atoms with Gasteiger partial charge in [-0.15, -0.1) is 0 Å². The highest BCUT2D eigenvalue weighted by Crippen LogP contribution is 2.50. The molecule has 16 N–H and O–H groups in total. The molecule has 37 heteroatoms. The quantitative estimate of drug-likeness (QED) is 0.0123. The van der Waals surface area contributed by atoms with Crippen LogP contribution in [0.15, 0.2) is 121 Å². The summed E-state index contributed by atoms with van der Waals surface area (Å²) in [4.78, 5) is 177. The zero-order chi connectivity index (χ0) is 92.1. The van der Waals surface area contributed by atoms with Gasteiger partial charge in [0.25, 0.3) is 0 Å². The van der Waals surface area contributed by atoms with Crippen molar-refractivity contribution in [2.45, 2.75) is 233 Å². The number of carbonyl (C=O) groups excluding carboxylic acids is 12. The van der Waals surface area contributed by atoms with Crippen LogP contribution >= 0.6 is 54.8 Å². The molecule has 9 rings (SSSR count). The molecule has 4 aromatic rings. The summed E-state index contributed by atoms with van der Waals surface area (Å²) in [5.74, 6) is -10.4. The Kier molecular flexibility index (Phi) is 36.8. The summed E-state index contributed by atoms with van der Waals surface area (Å²) in [6.07, 6.45) is 1.51. The topological polar surface area (TPSA) is 484 Å². The Balaban J connectivity index is 0.893. The number of halogens is 1. The number of alkyl carbamates (subject to hydrolysis) is 1. The van der Waals surface area contributed by atoms with Gasteiger partial charge < -0.3 is 97.9 Å². The van der Waals surface area contributed by atoms with E-state index in [1.807, 2.05) is 43.3 Å². The zero-order valence-corrected chi connectivity index (χ0v) is 76.8. The molecular formula is C89H119ClN12O20S4. The number of aromatic hydroxyl groups is 1. The van der Waals surface area contributed by atoms with E-state index in [1.165, 1.54) is 85.7 Å². The number of esters is 1. The van der Waals surface area contributed by atoms with Crippen molar-refractivity contribution in [1.82, 2.24) is 42.1 Å². The summed E-state index contributed by atoms with van der Waals surface area (Å²) in [5.41, 5.74) is 20.9. The van der Waals surface area contributed by atoms with Crippen LogP contribution < -0.4 is 64.1 Å². The summed E-state index contributed by atoms with van der Waals surface area (Å²) >= 11 is 6.90. The molecule has 4 aliphatic heterocycles. The molecule has 0 radical (unpaired) electrons. The van der Waals surface area contributed by atoms with Crippen LogP contribution in [0.2, 0.25) is 5.02 Å². The van der Waals surface area contributed by atoms with Gasteiger partial charge in [-0.25, -0.2) is 9.59 Å². The number of allylic oxidation sites excluding steroid dienone is 4. The van der Waals surface area contributed by atoms with Crippen molar-refractivity contribution in [2.75, 3.05) is 57.0 Å². The monoisotopic (exact) mass is 1840 g/mol. The fourth-order valence-corrected chi connectivity index (χ4v) is 21.0. The lowest BCUT2D eigenvalue weighted by Gasteiger charge is -2.42. The third-order valence-corrected chi connectivity index (χ3v) is 29.5. The average molecular weight is 1840 g/mol. The van der Waals surface area contributed by atoms with E-state index >= 15 is 14.4 Å². The zero-order valence-electron chi connectivity index (χ0n) is 72.8. The number of aliphatic hydroxyl groups is 2. The van der Waals surface area contributed by atoms with Crippen LogP contribution in [0.1, 0.15) is 140 Å². The second-order valence-corrected chi connectivity index (χ2v) is 39.4. The Labute approximate surface area is 755 Å². The number of epoxide rings is 1. The Hall–Kier alpha value is -9.21. The minimum Gasteiger partial charge on any atom is -0.508 e. The Morgan fingerprint density at radius 1 is 0.857 bits per heavy atom. The highest BCUT2D eigenvalue weighted by Gasteiger charge is 2.65. The summed E-state index contributed by atoms with van der Waals surface area (Å²) in [7, 11) is 10.3. The molecule has 0 spiro atoms. The third-order valence-electron chi connectivity index (χ3n) is 23.3. The molecule has 0 unspecified atom stereocenters. The van der Waals surface area contributed by atoms with Gasteiger partial charge in [-0.1, -0.05) is 158 Å². The van der Waals surface area contributed by atoms with Crippen molar-refractivity contribution >= 4 is 137 Å². The number of carbonyl (C=O) groups is 12. The Morgan fingerprint density at radius 2 is 1.55 bits per heavy atom. The molecule has 4 heterocycles.